The third-order valence-corrected chi connectivity index (χ3v) is 4.98. The largest absolute Gasteiger partial charge is 0.496 e. The van der Waals surface area contributed by atoms with Crippen LogP contribution in [-0.4, -0.2) is 18.0 Å². The van der Waals surface area contributed by atoms with Gasteiger partial charge in [0.15, 0.2) is 5.58 Å². The average Bonchev–Trinajstić information content (AvgIpc) is 3.12. The van der Waals surface area contributed by atoms with E-state index in [1.54, 1.807) is 30.3 Å². The van der Waals surface area contributed by atoms with E-state index in [-0.39, 0.29) is 0 Å². The number of rotatable bonds is 4. The number of fused-ring (bicyclic) bond motifs is 1. The Bertz CT molecular complexity index is 1230. The number of amides is 1. The maximum absolute atomic E-state index is 12.8. The second-order valence-electron chi connectivity index (χ2n) is 6.48. The van der Waals surface area contributed by atoms with Gasteiger partial charge in [0.1, 0.15) is 11.3 Å². The summed E-state index contributed by atoms with van der Waals surface area (Å²) in [4.78, 5) is 17.3. The second kappa shape index (κ2) is 7.78. The molecule has 5 nitrogen and oxygen atoms in total. The van der Waals surface area contributed by atoms with E-state index in [9.17, 15) is 4.79 Å². The van der Waals surface area contributed by atoms with Crippen LogP contribution in [0.2, 0.25) is 10.0 Å². The molecule has 146 valence electrons. The Morgan fingerprint density at radius 1 is 1.07 bits per heavy atom. The Morgan fingerprint density at radius 3 is 2.69 bits per heavy atom. The van der Waals surface area contributed by atoms with Crippen molar-refractivity contribution in [1.82, 2.24) is 4.98 Å². The number of methoxy groups -OCH3 is 1. The molecule has 7 heteroatoms. The highest BCUT2D eigenvalue weighted by molar-refractivity contribution is 6.34. The number of ether oxygens (including phenoxy) is 1. The van der Waals surface area contributed by atoms with Crippen molar-refractivity contribution >= 4 is 45.9 Å². The van der Waals surface area contributed by atoms with Crippen molar-refractivity contribution in [2.45, 2.75) is 6.92 Å². The molecule has 29 heavy (non-hydrogen) atoms. The number of oxazole rings is 1. The molecule has 0 spiro atoms. The van der Waals surface area contributed by atoms with E-state index < -0.39 is 5.91 Å². The molecular formula is C22H16Cl2N2O3. The summed E-state index contributed by atoms with van der Waals surface area (Å²) in [6.45, 7) is 1.99. The first-order valence-electron chi connectivity index (χ1n) is 8.76. The fourth-order valence-corrected chi connectivity index (χ4v) is 3.30. The predicted molar refractivity (Wildman–Crippen MR) is 115 cm³/mol. The van der Waals surface area contributed by atoms with Crippen LogP contribution in [0.15, 0.2) is 59.0 Å². The zero-order valence-corrected chi connectivity index (χ0v) is 17.1. The molecule has 3 aromatic carbocycles. The van der Waals surface area contributed by atoms with E-state index in [1.165, 1.54) is 13.2 Å². The predicted octanol–water partition coefficient (Wildman–Crippen LogP) is 6.37. The van der Waals surface area contributed by atoms with Crippen LogP contribution in [0.3, 0.4) is 0 Å². The maximum atomic E-state index is 12.8. The van der Waals surface area contributed by atoms with Crippen molar-refractivity contribution in [1.29, 1.82) is 0 Å². The number of anilines is 1. The summed E-state index contributed by atoms with van der Waals surface area (Å²) in [5, 5.41) is 3.62. The Hall–Kier alpha value is -3.02. The van der Waals surface area contributed by atoms with Crippen molar-refractivity contribution in [3.8, 4) is 17.2 Å². The summed E-state index contributed by atoms with van der Waals surface area (Å²) in [5.41, 5.74) is 3.97. The molecular weight excluding hydrogens is 411 g/mol. The van der Waals surface area contributed by atoms with Crippen LogP contribution < -0.4 is 10.1 Å². The minimum atomic E-state index is -0.392. The zero-order valence-electron chi connectivity index (χ0n) is 15.6. The molecule has 0 atom stereocenters. The van der Waals surface area contributed by atoms with Crippen molar-refractivity contribution in [2.24, 2.45) is 0 Å². The third kappa shape index (κ3) is 3.92. The minimum Gasteiger partial charge on any atom is -0.496 e. The first-order valence-corrected chi connectivity index (χ1v) is 9.52. The van der Waals surface area contributed by atoms with Gasteiger partial charge in [0.05, 0.1) is 23.4 Å². The normalized spacial score (nSPS) is 10.9. The van der Waals surface area contributed by atoms with E-state index in [2.05, 4.69) is 10.3 Å². The van der Waals surface area contributed by atoms with Gasteiger partial charge >= 0.3 is 0 Å². The molecule has 1 amide bonds. The number of benzene rings is 3. The van der Waals surface area contributed by atoms with Crippen LogP contribution in [0, 0.1) is 6.92 Å². The van der Waals surface area contributed by atoms with E-state index in [0.717, 1.165) is 11.1 Å². The van der Waals surface area contributed by atoms with E-state index >= 15 is 0 Å². The lowest BCUT2D eigenvalue weighted by Crippen LogP contribution is -2.13. The number of aryl methyl sites for hydroxylation is 1. The molecule has 0 saturated carbocycles. The molecule has 1 N–H and O–H groups in total. The van der Waals surface area contributed by atoms with Crippen molar-refractivity contribution in [2.75, 3.05) is 12.4 Å². The molecule has 0 aliphatic rings. The third-order valence-electron chi connectivity index (χ3n) is 4.41. The monoisotopic (exact) mass is 426 g/mol. The van der Waals surface area contributed by atoms with Gasteiger partial charge in [-0.1, -0.05) is 29.3 Å². The highest BCUT2D eigenvalue weighted by atomic mass is 35.5. The van der Waals surface area contributed by atoms with Crippen molar-refractivity contribution in [3.05, 3.63) is 75.8 Å². The van der Waals surface area contributed by atoms with Gasteiger partial charge in [0.25, 0.3) is 5.91 Å². The lowest BCUT2D eigenvalue weighted by Gasteiger charge is -2.11. The number of aromatic nitrogens is 1. The number of carbonyl (C=O) groups is 1. The number of hydrogen-bond acceptors (Lipinski definition) is 4. The molecule has 1 aromatic heterocycles. The van der Waals surface area contributed by atoms with Crippen LogP contribution in [0.5, 0.6) is 5.75 Å². The van der Waals surface area contributed by atoms with Gasteiger partial charge in [-0.15, -0.1) is 0 Å². The van der Waals surface area contributed by atoms with Gasteiger partial charge in [-0.3, -0.25) is 4.79 Å². The number of hydrogen-bond donors (Lipinski definition) is 1. The Morgan fingerprint density at radius 2 is 1.90 bits per heavy atom. The van der Waals surface area contributed by atoms with Crippen LogP contribution in [-0.2, 0) is 0 Å². The number of carbonyl (C=O) groups excluding carboxylic acids is 1. The SMILES string of the molecule is COc1ccc(Cl)cc1C(=O)Nc1cc(-c2nc3cc(C)ccc3o2)ccc1Cl. The highest BCUT2D eigenvalue weighted by Crippen LogP contribution is 2.32. The fourth-order valence-electron chi connectivity index (χ4n) is 2.96. The average molecular weight is 427 g/mol. The zero-order chi connectivity index (χ0) is 20.5. The Labute approximate surface area is 177 Å². The molecule has 0 aliphatic heterocycles. The number of nitrogens with one attached hydrogen (secondary N) is 1. The first kappa shape index (κ1) is 19.3. The highest BCUT2D eigenvalue weighted by Gasteiger charge is 2.16. The van der Waals surface area contributed by atoms with Gasteiger partial charge in [-0.25, -0.2) is 4.98 Å². The molecule has 0 fully saturated rings. The Balaban J connectivity index is 1.68. The van der Waals surface area contributed by atoms with Crippen LogP contribution in [0.25, 0.3) is 22.6 Å². The molecule has 0 unspecified atom stereocenters. The molecule has 4 aromatic rings. The van der Waals surface area contributed by atoms with Crippen LogP contribution >= 0.6 is 23.2 Å². The molecule has 1 heterocycles. The van der Waals surface area contributed by atoms with E-state index in [0.29, 0.717) is 44.1 Å². The molecule has 0 aliphatic carbocycles. The quantitative estimate of drug-likeness (QED) is 0.411. The van der Waals surface area contributed by atoms with E-state index in [1.807, 2.05) is 25.1 Å². The van der Waals surface area contributed by atoms with Gasteiger partial charge < -0.3 is 14.5 Å². The van der Waals surface area contributed by atoms with Gasteiger partial charge in [-0.2, -0.15) is 0 Å². The van der Waals surface area contributed by atoms with Gasteiger partial charge in [-0.05, 0) is 61.0 Å². The molecule has 0 saturated heterocycles. The second-order valence-corrected chi connectivity index (χ2v) is 7.33. The van der Waals surface area contributed by atoms with Crippen LogP contribution in [0.4, 0.5) is 5.69 Å². The summed E-state index contributed by atoms with van der Waals surface area (Å²) in [6, 6.07) is 15.8. The minimum absolute atomic E-state index is 0.304. The van der Waals surface area contributed by atoms with Crippen LogP contribution in [0.1, 0.15) is 15.9 Å². The number of halogens is 2. The smallest absolute Gasteiger partial charge is 0.259 e. The first-order chi connectivity index (χ1) is 13.9. The molecule has 0 radical (unpaired) electrons. The summed E-state index contributed by atoms with van der Waals surface area (Å²) in [7, 11) is 1.49. The molecule has 4 rings (SSSR count). The van der Waals surface area contributed by atoms with Gasteiger partial charge in [0, 0.05) is 10.6 Å². The lowest BCUT2D eigenvalue weighted by molar-refractivity contribution is 0.102. The summed E-state index contributed by atoms with van der Waals surface area (Å²) in [6.07, 6.45) is 0. The number of nitrogens with zero attached hydrogens (tertiary/aromatic N) is 1. The molecule has 0 bridgehead atoms. The Kier molecular flexibility index (Phi) is 5.18. The van der Waals surface area contributed by atoms with E-state index in [4.69, 9.17) is 32.4 Å². The lowest BCUT2D eigenvalue weighted by atomic mass is 10.1. The topological polar surface area (TPSA) is 64.4 Å². The van der Waals surface area contributed by atoms with Crippen molar-refractivity contribution < 1.29 is 13.9 Å². The maximum Gasteiger partial charge on any atom is 0.259 e. The summed E-state index contributed by atoms with van der Waals surface area (Å²) >= 11 is 12.3. The summed E-state index contributed by atoms with van der Waals surface area (Å²) in [5.74, 6) is 0.461. The standard InChI is InChI=1S/C22H16Cl2N2O3/c1-12-3-7-20-18(9-12)26-22(29-20)13-4-6-16(24)17(10-13)25-21(27)15-11-14(23)5-8-19(15)28-2/h3-11H,1-2H3,(H,25,27). The summed E-state index contributed by atoms with van der Waals surface area (Å²) < 4.78 is 11.1. The van der Waals surface area contributed by atoms with Crippen molar-refractivity contribution in [3.63, 3.8) is 0 Å². The fraction of sp³-hybridized carbons (Fsp3) is 0.0909. The van der Waals surface area contributed by atoms with Gasteiger partial charge in [0.2, 0.25) is 5.89 Å².